The Morgan fingerprint density at radius 1 is 1.00 bits per heavy atom. The molecule has 8 heteroatoms. The van der Waals surface area contributed by atoms with E-state index in [1.165, 1.54) is 17.0 Å². The number of benzene rings is 2. The van der Waals surface area contributed by atoms with Crippen molar-refractivity contribution >= 4 is 18.0 Å². The van der Waals surface area contributed by atoms with Crippen LogP contribution in [0.5, 0.6) is 5.75 Å². The van der Waals surface area contributed by atoms with Crippen LogP contribution in [0.25, 0.3) is 0 Å². The van der Waals surface area contributed by atoms with Crippen molar-refractivity contribution in [2.75, 3.05) is 13.1 Å². The predicted molar refractivity (Wildman–Crippen MR) is 123 cm³/mol. The Hall–Kier alpha value is -3.39. The van der Waals surface area contributed by atoms with Crippen molar-refractivity contribution in [1.82, 2.24) is 10.2 Å². The highest BCUT2D eigenvalue weighted by atomic mass is 16.6. The molecule has 8 nitrogen and oxygen atoms in total. The fourth-order valence-electron chi connectivity index (χ4n) is 3.09. The molecular formula is C25H32N2O6. The molecule has 2 rings (SSSR count). The molecule has 0 aliphatic rings. The third-order valence-corrected chi connectivity index (χ3v) is 4.64. The maximum absolute atomic E-state index is 13.0. The number of esters is 2. The second-order valence-electron chi connectivity index (χ2n) is 8.53. The van der Waals surface area contributed by atoms with Gasteiger partial charge in [-0.05, 0) is 51.0 Å². The lowest BCUT2D eigenvalue weighted by atomic mass is 10.0. The molecule has 0 spiro atoms. The molecule has 2 aromatic rings. The van der Waals surface area contributed by atoms with E-state index in [9.17, 15) is 19.5 Å². The molecule has 0 aliphatic heterocycles. The number of phenolic OH excluding ortho intramolecular Hbond substituents is 1. The Labute approximate surface area is 194 Å². The van der Waals surface area contributed by atoms with Gasteiger partial charge in [-0.3, -0.25) is 9.69 Å². The largest absolute Gasteiger partial charge is 0.508 e. The highest BCUT2D eigenvalue weighted by molar-refractivity contribution is 5.91. The van der Waals surface area contributed by atoms with Crippen molar-refractivity contribution in [3.63, 3.8) is 0 Å². The Morgan fingerprint density at radius 3 is 2.21 bits per heavy atom. The van der Waals surface area contributed by atoms with Gasteiger partial charge >= 0.3 is 18.0 Å². The molecule has 0 radical (unpaired) electrons. The Bertz CT molecular complexity index is 922. The summed E-state index contributed by atoms with van der Waals surface area (Å²) in [6.45, 7) is 7.36. The van der Waals surface area contributed by atoms with Crippen LogP contribution >= 0.6 is 0 Å². The molecule has 33 heavy (non-hydrogen) atoms. The SMILES string of the molecule is CCN(C(=O)OC(C)(C)C)[C@H](Cc1ccc(O)cc1)C(=O)OC(=O)CNCc1ccccc1. The van der Waals surface area contributed by atoms with E-state index in [1.807, 2.05) is 30.3 Å². The number of amides is 1. The zero-order valence-corrected chi connectivity index (χ0v) is 19.5. The summed E-state index contributed by atoms with van der Waals surface area (Å²) < 4.78 is 10.5. The first-order chi connectivity index (χ1) is 15.6. The maximum Gasteiger partial charge on any atom is 0.411 e. The standard InChI is InChI=1S/C25H32N2O6/c1-5-27(24(31)33-25(2,3)4)21(15-18-11-13-20(28)14-12-18)23(30)32-22(29)17-26-16-19-9-7-6-8-10-19/h6-14,21,26,28H,5,15-17H2,1-4H3/t21-/m1/s1. The second kappa shape index (κ2) is 12.0. The summed E-state index contributed by atoms with van der Waals surface area (Å²) in [6.07, 6.45) is -0.586. The van der Waals surface area contributed by atoms with Gasteiger partial charge in [0.15, 0.2) is 0 Å². The van der Waals surface area contributed by atoms with Crippen LogP contribution in [0.1, 0.15) is 38.8 Å². The average Bonchev–Trinajstić information content (AvgIpc) is 2.74. The first-order valence-electron chi connectivity index (χ1n) is 10.9. The van der Waals surface area contributed by atoms with Crippen molar-refractivity contribution in [1.29, 1.82) is 0 Å². The number of aromatic hydroxyl groups is 1. The van der Waals surface area contributed by atoms with E-state index in [0.29, 0.717) is 12.1 Å². The quantitative estimate of drug-likeness (QED) is 0.440. The van der Waals surface area contributed by atoms with Gasteiger partial charge < -0.3 is 19.9 Å². The molecule has 0 aromatic heterocycles. The molecule has 0 heterocycles. The topological polar surface area (TPSA) is 105 Å². The summed E-state index contributed by atoms with van der Waals surface area (Å²) >= 11 is 0. The van der Waals surface area contributed by atoms with Crippen LogP contribution in [-0.4, -0.2) is 52.8 Å². The number of hydrogen-bond acceptors (Lipinski definition) is 7. The number of ether oxygens (including phenoxy) is 2. The zero-order chi connectivity index (χ0) is 24.4. The van der Waals surface area contributed by atoms with Gasteiger partial charge in [-0.1, -0.05) is 42.5 Å². The fraction of sp³-hybridized carbons (Fsp3) is 0.400. The number of carbonyl (C=O) groups is 3. The Morgan fingerprint density at radius 2 is 1.64 bits per heavy atom. The third kappa shape index (κ3) is 8.94. The van der Waals surface area contributed by atoms with E-state index >= 15 is 0 Å². The van der Waals surface area contributed by atoms with Crippen LogP contribution < -0.4 is 5.32 Å². The van der Waals surface area contributed by atoms with Crippen LogP contribution in [0.15, 0.2) is 54.6 Å². The molecule has 0 aliphatic carbocycles. The average molecular weight is 457 g/mol. The summed E-state index contributed by atoms with van der Waals surface area (Å²) in [7, 11) is 0. The lowest BCUT2D eigenvalue weighted by Gasteiger charge is -2.31. The van der Waals surface area contributed by atoms with Gasteiger partial charge in [-0.25, -0.2) is 9.59 Å². The molecule has 0 saturated heterocycles. The lowest BCUT2D eigenvalue weighted by molar-refractivity contribution is -0.162. The Balaban J connectivity index is 2.09. The molecule has 2 aromatic carbocycles. The van der Waals surface area contributed by atoms with Crippen molar-refractivity contribution in [2.45, 2.75) is 52.3 Å². The van der Waals surface area contributed by atoms with Crippen LogP contribution in [0.4, 0.5) is 4.79 Å². The summed E-state index contributed by atoms with van der Waals surface area (Å²) in [5, 5.41) is 12.5. The lowest BCUT2D eigenvalue weighted by Crippen LogP contribution is -2.49. The number of hydrogen-bond donors (Lipinski definition) is 2. The summed E-state index contributed by atoms with van der Waals surface area (Å²) in [4.78, 5) is 39.2. The van der Waals surface area contributed by atoms with Crippen molar-refractivity contribution < 1.29 is 29.0 Å². The predicted octanol–water partition coefficient (Wildman–Crippen LogP) is 3.42. The van der Waals surface area contributed by atoms with Gasteiger partial charge in [0.25, 0.3) is 0 Å². The van der Waals surface area contributed by atoms with Crippen LogP contribution in [-0.2, 0) is 32.0 Å². The van der Waals surface area contributed by atoms with Gasteiger partial charge in [-0.2, -0.15) is 0 Å². The van der Waals surface area contributed by atoms with Gasteiger partial charge in [0.05, 0.1) is 6.54 Å². The molecule has 0 unspecified atom stereocenters. The first kappa shape index (κ1) is 25.9. The molecule has 0 fully saturated rings. The van der Waals surface area contributed by atoms with Crippen LogP contribution in [0, 0.1) is 0 Å². The summed E-state index contributed by atoms with van der Waals surface area (Å²) in [5.41, 5.74) is 0.921. The normalized spacial score (nSPS) is 12.0. The van der Waals surface area contributed by atoms with Crippen molar-refractivity contribution in [3.8, 4) is 5.75 Å². The van der Waals surface area contributed by atoms with Gasteiger partial charge in [0, 0.05) is 19.5 Å². The smallest absolute Gasteiger partial charge is 0.411 e. The van der Waals surface area contributed by atoms with Gasteiger partial charge in [-0.15, -0.1) is 0 Å². The van der Waals surface area contributed by atoms with Crippen LogP contribution in [0.3, 0.4) is 0 Å². The summed E-state index contributed by atoms with van der Waals surface area (Å²) in [6, 6.07) is 14.7. The number of likely N-dealkylation sites (N-methyl/N-ethyl adjacent to an activating group) is 1. The van der Waals surface area contributed by atoms with Gasteiger partial charge in [0.1, 0.15) is 17.4 Å². The van der Waals surface area contributed by atoms with E-state index in [2.05, 4.69) is 5.32 Å². The third-order valence-electron chi connectivity index (χ3n) is 4.64. The van der Waals surface area contributed by atoms with E-state index in [-0.39, 0.29) is 25.3 Å². The molecule has 178 valence electrons. The van der Waals surface area contributed by atoms with E-state index < -0.39 is 29.7 Å². The minimum absolute atomic E-state index is 0.0806. The molecule has 1 amide bonds. The first-order valence-corrected chi connectivity index (χ1v) is 10.9. The molecular weight excluding hydrogens is 424 g/mol. The number of nitrogens with one attached hydrogen (secondary N) is 1. The monoisotopic (exact) mass is 456 g/mol. The minimum Gasteiger partial charge on any atom is -0.508 e. The zero-order valence-electron chi connectivity index (χ0n) is 19.5. The van der Waals surface area contributed by atoms with Crippen molar-refractivity contribution in [3.05, 3.63) is 65.7 Å². The molecule has 0 bridgehead atoms. The number of carbonyl (C=O) groups excluding carboxylic acids is 3. The molecule has 1 atom stereocenters. The Kier molecular flexibility index (Phi) is 9.42. The number of nitrogens with zero attached hydrogens (tertiary/aromatic N) is 1. The van der Waals surface area contributed by atoms with E-state index in [1.54, 1.807) is 39.8 Å². The van der Waals surface area contributed by atoms with Crippen molar-refractivity contribution in [2.24, 2.45) is 0 Å². The highest BCUT2D eigenvalue weighted by Gasteiger charge is 2.34. The molecule has 2 N–H and O–H groups in total. The second-order valence-corrected chi connectivity index (χ2v) is 8.53. The van der Waals surface area contributed by atoms with Crippen LogP contribution in [0.2, 0.25) is 0 Å². The number of rotatable bonds is 9. The maximum atomic E-state index is 13.0. The fourth-order valence-corrected chi connectivity index (χ4v) is 3.09. The highest BCUT2D eigenvalue weighted by Crippen LogP contribution is 2.18. The minimum atomic E-state index is -1.08. The van der Waals surface area contributed by atoms with E-state index in [4.69, 9.17) is 9.47 Å². The molecule has 0 saturated carbocycles. The summed E-state index contributed by atoms with van der Waals surface area (Å²) in [5.74, 6) is -1.51. The number of phenols is 1. The van der Waals surface area contributed by atoms with Gasteiger partial charge in [0.2, 0.25) is 0 Å². The van der Waals surface area contributed by atoms with E-state index in [0.717, 1.165) is 5.56 Å².